The predicted octanol–water partition coefficient (Wildman–Crippen LogP) is 4.60. The van der Waals surface area contributed by atoms with Crippen LogP contribution in [0.15, 0.2) is 18.2 Å². The van der Waals surface area contributed by atoms with Crippen molar-refractivity contribution in [3.8, 4) is 0 Å². The molecular weight excluding hydrogens is 666 g/mol. The number of aliphatic hydroxyl groups is 2. The van der Waals surface area contributed by atoms with E-state index >= 15 is 0 Å². The van der Waals surface area contributed by atoms with E-state index in [9.17, 15) is 19.5 Å². The number of carbonyl (C=O) groups is 3. The van der Waals surface area contributed by atoms with E-state index in [1.54, 1.807) is 0 Å². The standard InChI is InChI=1S/C39H49N5O8/c1-8-24-20(2)29-17-33-27(19-46)22(4)28(42-33)16-30-21(3)25(9-10-34(47)50-6)37(43-30)26(15-35(48)51-7)38-36(39(49)40-11-13-52-14-12-45)23(5)31(44-38)18-32(24)41-29/h16-18,21,25,41-42,45-46H,8-15,19H2,1-7H3,(H,40,49). The van der Waals surface area contributed by atoms with Crippen molar-refractivity contribution in [2.75, 3.05) is 40.6 Å². The van der Waals surface area contributed by atoms with Crippen LogP contribution < -0.4 is 5.32 Å². The van der Waals surface area contributed by atoms with Gasteiger partial charge in [-0.2, -0.15) is 0 Å². The van der Waals surface area contributed by atoms with Crippen molar-refractivity contribution in [3.63, 3.8) is 0 Å². The van der Waals surface area contributed by atoms with Crippen molar-refractivity contribution in [2.45, 2.75) is 78.7 Å². The van der Waals surface area contributed by atoms with Gasteiger partial charge in [0, 0.05) is 63.7 Å². The molecule has 0 fully saturated rings. The first-order valence-electron chi connectivity index (χ1n) is 17.6. The average molecular weight is 716 g/mol. The lowest BCUT2D eigenvalue weighted by atomic mass is 9.84. The van der Waals surface area contributed by atoms with Gasteiger partial charge in [0.1, 0.15) is 0 Å². The number of rotatable bonds is 13. The van der Waals surface area contributed by atoms with Crippen LogP contribution in [0.5, 0.6) is 0 Å². The molecule has 0 saturated heterocycles. The van der Waals surface area contributed by atoms with E-state index in [-0.39, 0.29) is 63.6 Å². The monoisotopic (exact) mass is 715 g/mol. The summed E-state index contributed by atoms with van der Waals surface area (Å²) in [7, 11) is 2.65. The van der Waals surface area contributed by atoms with Gasteiger partial charge in [0.2, 0.25) is 0 Å². The molecule has 2 atom stereocenters. The number of esters is 2. The normalized spacial score (nSPS) is 15.6. The van der Waals surface area contributed by atoms with E-state index in [4.69, 9.17) is 29.3 Å². The third-order valence-corrected chi connectivity index (χ3v) is 10.2. The summed E-state index contributed by atoms with van der Waals surface area (Å²) in [5, 5.41) is 22.5. The number of aromatic amines is 2. The molecule has 5 N–H and O–H groups in total. The van der Waals surface area contributed by atoms with Gasteiger partial charge in [0.15, 0.2) is 0 Å². The lowest BCUT2D eigenvalue weighted by Gasteiger charge is -2.18. The second-order valence-corrected chi connectivity index (χ2v) is 13.2. The number of aromatic nitrogens is 4. The molecule has 2 aliphatic rings. The number of fused-ring (bicyclic) bond motifs is 8. The van der Waals surface area contributed by atoms with Crippen molar-refractivity contribution < 1.29 is 38.8 Å². The summed E-state index contributed by atoms with van der Waals surface area (Å²) >= 11 is 0. The number of nitrogens with zero attached hydrogens (tertiary/aromatic N) is 2. The Morgan fingerprint density at radius 3 is 2.19 bits per heavy atom. The molecule has 0 aromatic carbocycles. The fourth-order valence-corrected chi connectivity index (χ4v) is 7.17. The summed E-state index contributed by atoms with van der Waals surface area (Å²) in [5.74, 6) is -1.87. The van der Waals surface area contributed by atoms with Crippen LogP contribution >= 0.6 is 0 Å². The second-order valence-electron chi connectivity index (χ2n) is 13.2. The first-order chi connectivity index (χ1) is 25.0. The molecule has 3 aromatic heterocycles. The van der Waals surface area contributed by atoms with Crippen LogP contribution in [0.1, 0.15) is 96.0 Å². The van der Waals surface area contributed by atoms with Gasteiger partial charge in [0.25, 0.3) is 5.91 Å². The molecule has 5 heterocycles. The van der Waals surface area contributed by atoms with Gasteiger partial charge >= 0.3 is 11.9 Å². The highest BCUT2D eigenvalue weighted by Gasteiger charge is 2.35. The molecule has 13 nitrogen and oxygen atoms in total. The Morgan fingerprint density at radius 2 is 1.54 bits per heavy atom. The van der Waals surface area contributed by atoms with Crippen molar-refractivity contribution in [3.05, 3.63) is 68.8 Å². The molecule has 2 aliphatic heterocycles. The van der Waals surface area contributed by atoms with Gasteiger partial charge in [-0.15, -0.1) is 0 Å². The molecule has 1 amide bonds. The summed E-state index contributed by atoms with van der Waals surface area (Å²) < 4.78 is 15.5. The van der Waals surface area contributed by atoms with Crippen LogP contribution in [0, 0.1) is 13.8 Å². The maximum Gasteiger partial charge on any atom is 0.310 e. The largest absolute Gasteiger partial charge is 0.469 e. The van der Waals surface area contributed by atoms with E-state index in [1.165, 1.54) is 14.2 Å². The number of amides is 1. The van der Waals surface area contributed by atoms with Crippen LogP contribution in [0.25, 0.3) is 33.2 Å². The Balaban J connectivity index is 1.92. The minimum absolute atomic E-state index is 0.111. The second kappa shape index (κ2) is 16.7. The molecule has 2 unspecified atom stereocenters. The molecule has 8 bridgehead atoms. The van der Waals surface area contributed by atoms with Crippen molar-refractivity contribution in [1.29, 1.82) is 0 Å². The minimum Gasteiger partial charge on any atom is -0.469 e. The van der Waals surface area contributed by atoms with Crippen LogP contribution in [0.3, 0.4) is 0 Å². The summed E-state index contributed by atoms with van der Waals surface area (Å²) in [6, 6.07) is 5.87. The van der Waals surface area contributed by atoms with Gasteiger partial charge in [0.05, 0.1) is 69.7 Å². The number of hydrogen-bond acceptors (Lipinski definition) is 10. The predicted molar refractivity (Wildman–Crippen MR) is 197 cm³/mol. The Bertz CT molecular complexity index is 2060. The summed E-state index contributed by atoms with van der Waals surface area (Å²) in [6.45, 7) is 10.1. The summed E-state index contributed by atoms with van der Waals surface area (Å²) in [5.41, 5.74) is 10.4. The molecule has 13 heteroatoms. The third-order valence-electron chi connectivity index (χ3n) is 10.2. The highest BCUT2D eigenvalue weighted by Crippen LogP contribution is 2.44. The van der Waals surface area contributed by atoms with Gasteiger partial charge in [-0.3, -0.25) is 19.4 Å². The van der Waals surface area contributed by atoms with E-state index < -0.39 is 11.9 Å². The number of carbonyl (C=O) groups excluding carboxylic acids is 3. The topological polar surface area (TPSA) is 189 Å². The number of aliphatic hydroxyl groups excluding tert-OH is 2. The highest BCUT2D eigenvalue weighted by atomic mass is 16.5. The first-order valence-corrected chi connectivity index (χ1v) is 17.6. The maximum atomic E-state index is 14.1. The number of nitrogens with one attached hydrogen (secondary N) is 3. The fraction of sp³-hybridized carbons (Fsp3) is 0.462. The molecule has 0 aliphatic carbocycles. The van der Waals surface area contributed by atoms with Crippen LogP contribution in [0.2, 0.25) is 0 Å². The SMILES string of the molecule is CCc1c(C)c2cc3[nH]c(cc4nc(c(CC(=O)OC)c5nc(cc1[nH]2)C(C)=C5C(=O)NCCOCCO)C(CCC(=O)OC)C4C)c(C)c3CO. The van der Waals surface area contributed by atoms with Crippen LogP contribution in [0.4, 0.5) is 0 Å². The average Bonchev–Trinajstić information content (AvgIpc) is 3.81. The molecule has 278 valence electrons. The molecular formula is C39H49N5O8. The number of ether oxygens (including phenoxy) is 3. The molecule has 0 radical (unpaired) electrons. The van der Waals surface area contributed by atoms with Crippen molar-refractivity contribution in [1.82, 2.24) is 25.3 Å². The zero-order chi connectivity index (χ0) is 37.7. The Morgan fingerprint density at radius 1 is 0.865 bits per heavy atom. The molecule has 52 heavy (non-hydrogen) atoms. The van der Waals surface area contributed by atoms with Crippen molar-refractivity contribution in [2.24, 2.45) is 0 Å². The van der Waals surface area contributed by atoms with Crippen LogP contribution in [-0.4, -0.2) is 88.6 Å². The van der Waals surface area contributed by atoms with E-state index in [0.717, 1.165) is 50.7 Å². The molecule has 3 aromatic rings. The first kappa shape index (κ1) is 38.4. The molecule has 0 spiro atoms. The van der Waals surface area contributed by atoms with Gasteiger partial charge < -0.3 is 39.7 Å². The lowest BCUT2D eigenvalue weighted by molar-refractivity contribution is -0.141. The van der Waals surface area contributed by atoms with E-state index in [2.05, 4.69) is 22.2 Å². The number of H-pyrrole nitrogens is 2. The van der Waals surface area contributed by atoms with Crippen LogP contribution in [-0.2, 0) is 48.0 Å². The molecule has 0 saturated carbocycles. The van der Waals surface area contributed by atoms with Gasteiger partial charge in [-0.05, 0) is 74.1 Å². The van der Waals surface area contributed by atoms with Crippen molar-refractivity contribution >= 4 is 51.1 Å². The quantitative estimate of drug-likeness (QED) is 0.124. The Labute approximate surface area is 302 Å². The zero-order valence-electron chi connectivity index (χ0n) is 31.0. The lowest BCUT2D eigenvalue weighted by Crippen LogP contribution is -2.29. The van der Waals surface area contributed by atoms with Gasteiger partial charge in [-0.1, -0.05) is 13.8 Å². The smallest absolute Gasteiger partial charge is 0.310 e. The van der Waals surface area contributed by atoms with E-state index in [0.29, 0.717) is 45.9 Å². The Hall–Kier alpha value is -4.85. The maximum absolute atomic E-state index is 14.1. The number of hydrogen-bond donors (Lipinski definition) is 5. The fourth-order valence-electron chi connectivity index (χ4n) is 7.17. The molecule has 5 rings (SSSR count). The Kier molecular flexibility index (Phi) is 12.3. The number of methoxy groups -OCH3 is 2. The third kappa shape index (κ3) is 7.67. The number of aryl methyl sites for hydroxylation is 3. The summed E-state index contributed by atoms with van der Waals surface area (Å²) in [6.07, 6.45) is 0.979. The zero-order valence-corrected chi connectivity index (χ0v) is 31.0. The highest BCUT2D eigenvalue weighted by molar-refractivity contribution is 6.27. The summed E-state index contributed by atoms with van der Waals surface area (Å²) in [4.78, 5) is 57.0. The van der Waals surface area contributed by atoms with E-state index in [1.807, 2.05) is 45.9 Å². The number of allylic oxidation sites excluding steroid dienone is 1. The minimum atomic E-state index is -0.537. The van der Waals surface area contributed by atoms with Gasteiger partial charge in [-0.25, -0.2) is 4.98 Å².